The zero-order chi connectivity index (χ0) is 25.1. The average Bonchev–Trinajstić information content (AvgIpc) is 3.19. The van der Waals surface area contributed by atoms with Crippen molar-refractivity contribution in [2.75, 3.05) is 5.73 Å². The number of fused-ring (bicyclic) bond motifs is 1. The molecule has 0 unspecified atom stereocenters. The summed E-state index contributed by atoms with van der Waals surface area (Å²) in [5, 5.41) is 10.5. The van der Waals surface area contributed by atoms with Crippen LogP contribution >= 0.6 is 0 Å². The first-order valence-electron chi connectivity index (χ1n) is 11.0. The van der Waals surface area contributed by atoms with Crippen LogP contribution in [-0.2, 0) is 11.2 Å². The molecule has 0 saturated carbocycles. The molecule has 4 aromatic rings. The highest BCUT2D eigenvalue weighted by Gasteiger charge is 2.24. The predicted octanol–water partition coefficient (Wildman–Crippen LogP) is 4.29. The minimum atomic E-state index is -0.524. The highest BCUT2D eigenvalue weighted by atomic mass is 16.5. The molecule has 1 amide bonds. The summed E-state index contributed by atoms with van der Waals surface area (Å²) in [5.74, 6) is -0.767. The maximum absolute atomic E-state index is 13.5. The second kappa shape index (κ2) is 9.72. The predicted molar refractivity (Wildman–Crippen MR) is 130 cm³/mol. The Morgan fingerprint density at radius 2 is 1.74 bits per heavy atom. The average molecular weight is 472 g/mol. The Morgan fingerprint density at radius 1 is 1.00 bits per heavy atom. The van der Waals surface area contributed by atoms with Crippen LogP contribution in [0.4, 0.5) is 5.69 Å². The number of ketones is 1. The summed E-state index contributed by atoms with van der Waals surface area (Å²) in [5.41, 5.74) is 13.0. The highest BCUT2D eigenvalue weighted by molar-refractivity contribution is 6.17. The molecule has 8 heteroatoms. The van der Waals surface area contributed by atoms with Gasteiger partial charge in [0, 0.05) is 29.9 Å². The molecule has 3 aromatic carbocycles. The van der Waals surface area contributed by atoms with E-state index in [1.807, 2.05) is 0 Å². The van der Waals surface area contributed by atoms with E-state index in [2.05, 4.69) is 0 Å². The van der Waals surface area contributed by atoms with E-state index >= 15 is 0 Å². The number of primary amides is 1. The maximum Gasteiger partial charge on any atom is 0.343 e. The molecule has 0 bridgehead atoms. The van der Waals surface area contributed by atoms with E-state index in [-0.39, 0.29) is 35.0 Å². The van der Waals surface area contributed by atoms with Crippen molar-refractivity contribution in [1.82, 2.24) is 0 Å². The van der Waals surface area contributed by atoms with E-state index in [0.29, 0.717) is 46.3 Å². The molecular weight excluding hydrogens is 448 g/mol. The van der Waals surface area contributed by atoms with Gasteiger partial charge in [-0.25, -0.2) is 4.79 Å². The first-order valence-corrected chi connectivity index (χ1v) is 11.0. The number of aryl methyl sites for hydroxylation is 2. The summed E-state index contributed by atoms with van der Waals surface area (Å²) in [4.78, 5) is 37.2. The zero-order valence-corrected chi connectivity index (χ0v) is 19.0. The maximum atomic E-state index is 13.5. The fourth-order valence-corrected chi connectivity index (χ4v) is 3.86. The second-order valence-corrected chi connectivity index (χ2v) is 8.19. The topological polar surface area (TPSA) is 146 Å². The quantitative estimate of drug-likeness (QED) is 0.114. The van der Waals surface area contributed by atoms with Crippen molar-refractivity contribution < 1.29 is 28.6 Å². The Morgan fingerprint density at radius 3 is 2.43 bits per heavy atom. The molecule has 5 N–H and O–H groups in total. The smallest absolute Gasteiger partial charge is 0.343 e. The molecule has 0 saturated heterocycles. The lowest BCUT2D eigenvalue weighted by molar-refractivity contribution is -0.118. The van der Waals surface area contributed by atoms with Crippen molar-refractivity contribution in [3.8, 4) is 11.5 Å². The number of carbonyl (C=O) groups excluding carboxylic acids is 3. The van der Waals surface area contributed by atoms with Crippen molar-refractivity contribution in [2.45, 2.75) is 26.2 Å². The number of amides is 1. The Bertz CT molecular complexity index is 1420. The molecule has 8 nitrogen and oxygen atoms in total. The van der Waals surface area contributed by atoms with Crippen LogP contribution in [-0.4, -0.2) is 22.8 Å². The first-order chi connectivity index (χ1) is 16.7. The Hall–Kier alpha value is -4.59. The van der Waals surface area contributed by atoms with Gasteiger partial charge in [0.1, 0.15) is 22.8 Å². The van der Waals surface area contributed by atoms with Gasteiger partial charge in [0.15, 0.2) is 5.78 Å². The van der Waals surface area contributed by atoms with Crippen molar-refractivity contribution in [1.29, 1.82) is 0 Å². The van der Waals surface area contributed by atoms with E-state index in [9.17, 15) is 19.5 Å². The van der Waals surface area contributed by atoms with Crippen LogP contribution in [0.2, 0.25) is 0 Å². The molecule has 1 heterocycles. The fraction of sp³-hybridized carbons (Fsp3) is 0.148. The fourth-order valence-electron chi connectivity index (χ4n) is 3.86. The molecule has 178 valence electrons. The van der Waals surface area contributed by atoms with E-state index in [0.717, 1.165) is 0 Å². The van der Waals surface area contributed by atoms with Crippen LogP contribution < -0.4 is 16.2 Å². The SMILES string of the molecule is Cc1cc(C(=O)c2c(CCCC(N)=O)oc3cc(OC(=O)c4ccccc4)ccc23)cc(N)c1O. The van der Waals surface area contributed by atoms with E-state index in [4.69, 9.17) is 20.6 Å². The molecule has 0 atom stereocenters. The Kier molecular flexibility index (Phi) is 6.55. The number of phenolic OH excluding ortho intramolecular Hbond substituents is 1. The number of ether oxygens (including phenoxy) is 1. The van der Waals surface area contributed by atoms with Crippen molar-refractivity contribution in [2.24, 2.45) is 5.73 Å². The number of furan rings is 1. The third kappa shape index (κ3) is 5.01. The van der Waals surface area contributed by atoms with Gasteiger partial charge >= 0.3 is 5.97 Å². The van der Waals surface area contributed by atoms with Crippen LogP contribution in [0.25, 0.3) is 11.0 Å². The number of carbonyl (C=O) groups is 3. The summed E-state index contributed by atoms with van der Waals surface area (Å²) in [6, 6.07) is 16.3. The molecule has 0 radical (unpaired) electrons. The molecule has 0 fully saturated rings. The largest absolute Gasteiger partial charge is 0.506 e. The molecule has 4 rings (SSSR count). The third-order valence-corrected chi connectivity index (χ3v) is 5.60. The van der Waals surface area contributed by atoms with Gasteiger partial charge in [-0.1, -0.05) is 18.2 Å². The van der Waals surface area contributed by atoms with Crippen molar-refractivity contribution >= 4 is 34.3 Å². The molecule has 0 aliphatic carbocycles. The number of rotatable bonds is 8. The number of benzene rings is 3. The Balaban J connectivity index is 1.73. The van der Waals surface area contributed by atoms with Gasteiger partial charge in [-0.2, -0.15) is 0 Å². The normalized spacial score (nSPS) is 10.9. The lowest BCUT2D eigenvalue weighted by atomic mass is 9.96. The van der Waals surface area contributed by atoms with Crippen molar-refractivity contribution in [3.63, 3.8) is 0 Å². The van der Waals surface area contributed by atoms with Crippen LogP contribution in [0, 0.1) is 6.92 Å². The van der Waals surface area contributed by atoms with Gasteiger partial charge in [-0.3, -0.25) is 9.59 Å². The van der Waals surface area contributed by atoms with Crippen LogP contribution in [0.3, 0.4) is 0 Å². The number of hydrogen-bond donors (Lipinski definition) is 3. The highest BCUT2D eigenvalue weighted by Crippen LogP contribution is 2.34. The summed E-state index contributed by atoms with van der Waals surface area (Å²) in [7, 11) is 0. The monoisotopic (exact) mass is 472 g/mol. The summed E-state index contributed by atoms with van der Waals surface area (Å²) < 4.78 is 11.5. The number of nitrogens with two attached hydrogens (primary N) is 2. The lowest BCUT2D eigenvalue weighted by Crippen LogP contribution is -2.11. The standard InChI is InChI=1S/C27H24N2O6/c1-15-12-17(13-20(28)25(15)31)26(32)24-19-11-10-18(34-27(33)16-6-3-2-4-7-16)14-22(19)35-21(24)8-5-9-23(29)30/h2-4,6-7,10-14,31H,5,8-9,28H2,1H3,(H2,29,30). The summed E-state index contributed by atoms with van der Waals surface area (Å²) in [6.07, 6.45) is 0.822. The number of hydrogen-bond acceptors (Lipinski definition) is 7. The minimum absolute atomic E-state index is 0.0786. The zero-order valence-electron chi connectivity index (χ0n) is 19.0. The number of anilines is 1. The van der Waals surface area contributed by atoms with Crippen LogP contribution in [0.15, 0.2) is 65.1 Å². The number of nitrogen functional groups attached to an aromatic ring is 1. The molecule has 35 heavy (non-hydrogen) atoms. The third-order valence-electron chi connectivity index (χ3n) is 5.60. The van der Waals surface area contributed by atoms with Crippen LogP contribution in [0.1, 0.15) is 50.4 Å². The minimum Gasteiger partial charge on any atom is -0.506 e. The molecule has 0 spiro atoms. The van der Waals surface area contributed by atoms with Gasteiger partial charge in [-0.05, 0) is 55.3 Å². The molecule has 0 aliphatic rings. The lowest BCUT2D eigenvalue weighted by Gasteiger charge is -2.08. The van der Waals surface area contributed by atoms with Gasteiger partial charge in [0.2, 0.25) is 5.91 Å². The molecule has 0 aliphatic heterocycles. The van der Waals surface area contributed by atoms with Crippen molar-refractivity contribution in [3.05, 3.63) is 88.7 Å². The number of esters is 1. The van der Waals surface area contributed by atoms with Gasteiger partial charge in [0.05, 0.1) is 16.8 Å². The summed E-state index contributed by atoms with van der Waals surface area (Å²) >= 11 is 0. The first kappa shape index (κ1) is 23.6. The Labute approximate surface area is 201 Å². The van der Waals surface area contributed by atoms with Crippen LogP contribution in [0.5, 0.6) is 11.5 Å². The second-order valence-electron chi connectivity index (χ2n) is 8.19. The number of phenols is 1. The van der Waals surface area contributed by atoms with E-state index < -0.39 is 11.9 Å². The molecule has 1 aromatic heterocycles. The van der Waals surface area contributed by atoms with E-state index in [1.165, 1.54) is 6.07 Å². The van der Waals surface area contributed by atoms with Gasteiger partial charge in [0.25, 0.3) is 0 Å². The molecular formula is C27H24N2O6. The van der Waals surface area contributed by atoms with Gasteiger partial charge in [-0.15, -0.1) is 0 Å². The number of aromatic hydroxyl groups is 1. The van der Waals surface area contributed by atoms with Gasteiger partial charge < -0.3 is 25.7 Å². The van der Waals surface area contributed by atoms with E-state index in [1.54, 1.807) is 61.5 Å². The summed E-state index contributed by atoms with van der Waals surface area (Å²) in [6.45, 7) is 1.65.